The fraction of sp³-hybridized carbons (Fsp3) is 0.250. The largest absolute Gasteiger partial charge is 0.326 e. The maximum atomic E-state index is 13.8. The number of rotatable bonds is 2. The van der Waals surface area contributed by atoms with E-state index in [2.05, 4.69) is 32.9 Å². The lowest BCUT2D eigenvalue weighted by Crippen LogP contribution is -2.00. The Morgan fingerprint density at radius 3 is 2.11 bits per heavy atom. The summed E-state index contributed by atoms with van der Waals surface area (Å²) in [6, 6.07) is 9.53. The summed E-state index contributed by atoms with van der Waals surface area (Å²) in [6.45, 7) is 6.42. The van der Waals surface area contributed by atoms with Crippen LogP contribution in [0.4, 0.5) is 4.39 Å². The van der Waals surface area contributed by atoms with Gasteiger partial charge in [-0.1, -0.05) is 29.8 Å². The van der Waals surface area contributed by atoms with Crippen molar-refractivity contribution < 1.29 is 4.39 Å². The zero-order valence-electron chi connectivity index (χ0n) is 11.0. The molecule has 0 heterocycles. The van der Waals surface area contributed by atoms with Gasteiger partial charge in [0.15, 0.2) is 0 Å². The van der Waals surface area contributed by atoms with E-state index in [9.17, 15) is 4.39 Å². The van der Waals surface area contributed by atoms with Gasteiger partial charge in [0.25, 0.3) is 0 Å². The molecule has 2 N–H and O–H groups in total. The Balaban J connectivity index is 2.59. The van der Waals surface area contributed by atoms with E-state index in [1.54, 1.807) is 12.1 Å². The first kappa shape index (κ1) is 12.8. The van der Waals surface area contributed by atoms with Crippen molar-refractivity contribution in [1.82, 2.24) is 0 Å². The Morgan fingerprint density at radius 2 is 1.61 bits per heavy atom. The van der Waals surface area contributed by atoms with Crippen molar-refractivity contribution >= 4 is 0 Å². The van der Waals surface area contributed by atoms with Gasteiger partial charge in [-0.3, -0.25) is 0 Å². The summed E-state index contributed by atoms with van der Waals surface area (Å²) in [5, 5.41) is 0. The molecular weight excluding hydrogens is 225 g/mol. The third-order valence-corrected chi connectivity index (χ3v) is 3.24. The third-order valence-electron chi connectivity index (χ3n) is 3.24. The van der Waals surface area contributed by atoms with E-state index >= 15 is 0 Å². The topological polar surface area (TPSA) is 26.0 Å². The molecule has 0 unspecified atom stereocenters. The number of hydrogen-bond donors (Lipinski definition) is 1. The highest BCUT2D eigenvalue weighted by Crippen LogP contribution is 2.29. The van der Waals surface area contributed by atoms with Crippen LogP contribution in [-0.2, 0) is 6.54 Å². The average Bonchev–Trinajstić information content (AvgIpc) is 2.27. The van der Waals surface area contributed by atoms with E-state index in [0.29, 0.717) is 5.56 Å². The number of nitrogens with two attached hydrogens (primary N) is 1. The molecule has 0 fully saturated rings. The van der Waals surface area contributed by atoms with Crippen LogP contribution in [0.1, 0.15) is 22.3 Å². The molecule has 0 bridgehead atoms. The quantitative estimate of drug-likeness (QED) is 0.851. The van der Waals surface area contributed by atoms with Crippen molar-refractivity contribution in [2.45, 2.75) is 27.3 Å². The van der Waals surface area contributed by atoms with Crippen molar-refractivity contribution in [1.29, 1.82) is 0 Å². The summed E-state index contributed by atoms with van der Waals surface area (Å²) in [7, 11) is 0. The van der Waals surface area contributed by atoms with Crippen LogP contribution in [0.15, 0.2) is 30.3 Å². The molecule has 0 spiro atoms. The van der Waals surface area contributed by atoms with Gasteiger partial charge in [0.05, 0.1) is 0 Å². The van der Waals surface area contributed by atoms with Crippen LogP contribution < -0.4 is 5.73 Å². The molecule has 18 heavy (non-hydrogen) atoms. The summed E-state index contributed by atoms with van der Waals surface area (Å²) < 4.78 is 13.8. The molecule has 0 aliphatic rings. The van der Waals surface area contributed by atoms with Gasteiger partial charge in [0.2, 0.25) is 0 Å². The van der Waals surface area contributed by atoms with Gasteiger partial charge in [-0.05, 0) is 49.1 Å². The summed E-state index contributed by atoms with van der Waals surface area (Å²) in [5.41, 5.74) is 11.6. The van der Waals surface area contributed by atoms with Gasteiger partial charge in [-0.25, -0.2) is 4.39 Å². The zero-order chi connectivity index (χ0) is 13.3. The number of benzene rings is 2. The SMILES string of the molecule is Cc1cc(C)c(-c2ccc(CN)c(F)c2)c(C)c1. The summed E-state index contributed by atoms with van der Waals surface area (Å²) in [5.74, 6) is -0.227. The first-order valence-electron chi connectivity index (χ1n) is 6.09. The normalized spacial score (nSPS) is 10.7. The highest BCUT2D eigenvalue weighted by Gasteiger charge is 2.09. The minimum absolute atomic E-state index is 0.227. The van der Waals surface area contributed by atoms with Crippen LogP contribution in [0.5, 0.6) is 0 Å². The predicted molar refractivity (Wildman–Crippen MR) is 73.9 cm³/mol. The van der Waals surface area contributed by atoms with E-state index in [1.807, 2.05) is 6.07 Å². The molecule has 2 heteroatoms. The predicted octanol–water partition coefficient (Wildman–Crippen LogP) is 3.88. The molecule has 0 saturated heterocycles. The van der Waals surface area contributed by atoms with Gasteiger partial charge in [0, 0.05) is 12.1 Å². The fourth-order valence-corrected chi connectivity index (χ4v) is 2.50. The summed E-state index contributed by atoms with van der Waals surface area (Å²) in [4.78, 5) is 0. The smallest absolute Gasteiger partial charge is 0.128 e. The van der Waals surface area contributed by atoms with E-state index in [1.165, 1.54) is 16.7 Å². The molecular formula is C16H18FN. The van der Waals surface area contributed by atoms with E-state index < -0.39 is 0 Å². The van der Waals surface area contributed by atoms with Gasteiger partial charge >= 0.3 is 0 Å². The Labute approximate surface area is 107 Å². The standard InChI is InChI=1S/C16H18FN/c1-10-6-11(2)16(12(3)7-10)13-4-5-14(9-18)15(17)8-13/h4-8H,9,18H2,1-3H3. The van der Waals surface area contributed by atoms with Crippen LogP contribution in [0, 0.1) is 26.6 Å². The van der Waals surface area contributed by atoms with Crippen molar-refractivity contribution in [3.63, 3.8) is 0 Å². The van der Waals surface area contributed by atoms with Gasteiger partial charge < -0.3 is 5.73 Å². The highest BCUT2D eigenvalue weighted by atomic mass is 19.1. The Morgan fingerprint density at radius 1 is 1.00 bits per heavy atom. The molecule has 0 amide bonds. The Kier molecular flexibility index (Phi) is 3.48. The van der Waals surface area contributed by atoms with Crippen LogP contribution in [-0.4, -0.2) is 0 Å². The Hall–Kier alpha value is -1.67. The van der Waals surface area contributed by atoms with Crippen LogP contribution in [0.25, 0.3) is 11.1 Å². The van der Waals surface area contributed by atoms with Crippen molar-refractivity contribution in [2.24, 2.45) is 5.73 Å². The van der Waals surface area contributed by atoms with Crippen LogP contribution in [0.3, 0.4) is 0 Å². The molecule has 2 aromatic carbocycles. The fourth-order valence-electron chi connectivity index (χ4n) is 2.50. The van der Waals surface area contributed by atoms with Crippen LogP contribution >= 0.6 is 0 Å². The lowest BCUT2D eigenvalue weighted by atomic mass is 9.93. The maximum Gasteiger partial charge on any atom is 0.128 e. The summed E-state index contributed by atoms with van der Waals surface area (Å²) >= 11 is 0. The molecule has 0 aromatic heterocycles. The third kappa shape index (κ3) is 2.29. The second-order valence-corrected chi connectivity index (χ2v) is 4.78. The molecule has 94 valence electrons. The molecule has 2 rings (SSSR count). The van der Waals surface area contributed by atoms with Gasteiger partial charge in [-0.15, -0.1) is 0 Å². The highest BCUT2D eigenvalue weighted by molar-refractivity contribution is 5.71. The minimum atomic E-state index is -0.227. The zero-order valence-corrected chi connectivity index (χ0v) is 11.0. The summed E-state index contributed by atoms with van der Waals surface area (Å²) in [6.07, 6.45) is 0. The van der Waals surface area contributed by atoms with E-state index in [4.69, 9.17) is 5.73 Å². The maximum absolute atomic E-state index is 13.8. The van der Waals surface area contributed by atoms with E-state index in [-0.39, 0.29) is 12.4 Å². The molecule has 0 atom stereocenters. The monoisotopic (exact) mass is 243 g/mol. The molecule has 0 aliphatic heterocycles. The average molecular weight is 243 g/mol. The molecule has 1 nitrogen and oxygen atoms in total. The first-order valence-corrected chi connectivity index (χ1v) is 6.09. The van der Waals surface area contributed by atoms with Gasteiger partial charge in [-0.2, -0.15) is 0 Å². The Bertz CT molecular complexity index is 565. The lowest BCUT2D eigenvalue weighted by Gasteiger charge is -2.12. The van der Waals surface area contributed by atoms with E-state index in [0.717, 1.165) is 11.1 Å². The number of halogens is 1. The van der Waals surface area contributed by atoms with Gasteiger partial charge in [0.1, 0.15) is 5.82 Å². The molecule has 0 aliphatic carbocycles. The first-order chi connectivity index (χ1) is 8.52. The van der Waals surface area contributed by atoms with Crippen molar-refractivity contribution in [2.75, 3.05) is 0 Å². The van der Waals surface area contributed by atoms with Crippen molar-refractivity contribution in [3.8, 4) is 11.1 Å². The van der Waals surface area contributed by atoms with Crippen molar-refractivity contribution in [3.05, 3.63) is 58.4 Å². The molecule has 2 aromatic rings. The number of aryl methyl sites for hydroxylation is 3. The molecule has 0 saturated carbocycles. The second kappa shape index (κ2) is 4.91. The minimum Gasteiger partial charge on any atom is -0.326 e. The second-order valence-electron chi connectivity index (χ2n) is 4.78. The van der Waals surface area contributed by atoms with Crippen LogP contribution in [0.2, 0.25) is 0 Å². The molecule has 0 radical (unpaired) electrons. The number of hydrogen-bond acceptors (Lipinski definition) is 1. The lowest BCUT2D eigenvalue weighted by molar-refractivity contribution is 0.611.